The van der Waals surface area contributed by atoms with Crippen molar-refractivity contribution in [2.24, 2.45) is 10.9 Å². The molecule has 10 heavy (non-hydrogen) atoms. The second kappa shape index (κ2) is 5.05. The van der Waals surface area contributed by atoms with E-state index in [1.807, 2.05) is 13.8 Å². The molecule has 4 N–H and O–H groups in total. The van der Waals surface area contributed by atoms with Crippen LogP contribution in [-0.4, -0.2) is 23.6 Å². The molecule has 4 heteroatoms. The van der Waals surface area contributed by atoms with Crippen molar-refractivity contribution in [3.8, 4) is 0 Å². The summed E-state index contributed by atoms with van der Waals surface area (Å²) < 4.78 is 0. The molecule has 0 fully saturated rings. The first kappa shape index (κ1) is 9.23. The average molecular weight is 145 g/mol. The maximum Gasteiger partial charge on any atom is 0.140 e. The largest absolute Gasteiger partial charge is 0.409 e. The zero-order valence-electron chi connectivity index (χ0n) is 6.46. The topological polar surface area (TPSA) is 70.6 Å². The third-order valence-corrected chi connectivity index (χ3v) is 1.20. The van der Waals surface area contributed by atoms with Crippen LogP contribution in [-0.2, 0) is 0 Å². The van der Waals surface area contributed by atoms with Crippen LogP contribution in [0.15, 0.2) is 5.16 Å². The van der Waals surface area contributed by atoms with E-state index >= 15 is 0 Å². The molecule has 0 radical (unpaired) electrons. The van der Waals surface area contributed by atoms with E-state index in [1.165, 1.54) is 0 Å². The summed E-state index contributed by atoms with van der Waals surface area (Å²) in [6.45, 7) is 4.91. The Morgan fingerprint density at radius 1 is 1.80 bits per heavy atom. The highest BCUT2D eigenvalue weighted by Gasteiger charge is 2.01. The Balaban J connectivity index is 3.47. The Kier molecular flexibility index (Phi) is 4.66. The van der Waals surface area contributed by atoms with Crippen molar-refractivity contribution >= 4 is 5.84 Å². The minimum absolute atomic E-state index is 0.272. The van der Waals surface area contributed by atoms with E-state index in [0.717, 1.165) is 6.54 Å². The molecule has 1 unspecified atom stereocenters. The third-order valence-electron chi connectivity index (χ3n) is 1.20. The van der Waals surface area contributed by atoms with Crippen molar-refractivity contribution in [1.82, 2.24) is 5.32 Å². The number of nitrogens with one attached hydrogen (secondary N) is 1. The molecule has 0 saturated heterocycles. The van der Waals surface area contributed by atoms with Crippen LogP contribution in [0.3, 0.4) is 0 Å². The van der Waals surface area contributed by atoms with Gasteiger partial charge in [0.2, 0.25) is 0 Å². The lowest BCUT2D eigenvalue weighted by molar-refractivity contribution is 0.316. The Morgan fingerprint density at radius 3 is 2.80 bits per heavy atom. The lowest BCUT2D eigenvalue weighted by Crippen LogP contribution is -2.30. The molecule has 0 aromatic heterocycles. The number of hydrogen-bond donors (Lipinski definition) is 3. The van der Waals surface area contributed by atoms with Gasteiger partial charge in [-0.15, -0.1) is 0 Å². The van der Waals surface area contributed by atoms with Gasteiger partial charge in [0, 0.05) is 12.5 Å². The molecule has 1 atom stereocenters. The molecule has 0 aliphatic heterocycles. The van der Waals surface area contributed by atoms with Gasteiger partial charge in [0.15, 0.2) is 0 Å². The predicted molar refractivity (Wildman–Crippen MR) is 41.2 cm³/mol. The first-order chi connectivity index (χ1) is 4.70. The van der Waals surface area contributed by atoms with Crippen molar-refractivity contribution in [2.75, 3.05) is 6.54 Å². The minimum Gasteiger partial charge on any atom is -0.409 e. The van der Waals surface area contributed by atoms with Crippen LogP contribution in [0.5, 0.6) is 0 Å². The summed E-state index contributed by atoms with van der Waals surface area (Å²) in [4.78, 5) is 0. The Labute approximate surface area is 61.1 Å². The van der Waals surface area contributed by atoms with Crippen molar-refractivity contribution in [3.63, 3.8) is 0 Å². The second-order valence-electron chi connectivity index (χ2n) is 2.25. The molecule has 0 aromatic carbocycles. The Morgan fingerprint density at radius 2 is 2.40 bits per heavy atom. The zero-order valence-corrected chi connectivity index (χ0v) is 6.46. The number of amidine groups is 1. The number of nitrogens with zero attached hydrogens (tertiary/aromatic N) is 1. The summed E-state index contributed by atoms with van der Waals surface area (Å²) in [6.07, 6.45) is 0.588. The lowest BCUT2D eigenvalue weighted by Gasteiger charge is -2.09. The highest BCUT2D eigenvalue weighted by molar-refractivity contribution is 5.80. The molecular formula is C6H15N3O. The summed E-state index contributed by atoms with van der Waals surface area (Å²) in [5.41, 5.74) is 5.26. The molecule has 0 bridgehead atoms. The fourth-order valence-corrected chi connectivity index (χ4v) is 0.775. The first-order valence-electron chi connectivity index (χ1n) is 3.40. The molecule has 0 aliphatic carbocycles. The van der Waals surface area contributed by atoms with Crippen LogP contribution in [0.25, 0.3) is 0 Å². The van der Waals surface area contributed by atoms with Gasteiger partial charge in [-0.05, 0) is 13.5 Å². The fraction of sp³-hybridized carbons (Fsp3) is 0.833. The second-order valence-corrected chi connectivity index (χ2v) is 2.25. The maximum absolute atomic E-state index is 8.19. The van der Waals surface area contributed by atoms with E-state index in [4.69, 9.17) is 10.9 Å². The molecule has 0 rings (SSSR count). The van der Waals surface area contributed by atoms with Crippen LogP contribution in [0.1, 0.15) is 20.3 Å². The van der Waals surface area contributed by atoms with Gasteiger partial charge in [0.05, 0.1) is 0 Å². The maximum atomic E-state index is 8.19. The molecule has 60 valence electrons. The number of nitrogens with two attached hydrogens (primary N) is 1. The molecule has 0 amide bonds. The van der Waals surface area contributed by atoms with Gasteiger partial charge in [-0.25, -0.2) is 0 Å². The van der Waals surface area contributed by atoms with Crippen molar-refractivity contribution in [2.45, 2.75) is 26.3 Å². The van der Waals surface area contributed by atoms with Crippen LogP contribution < -0.4 is 11.1 Å². The van der Waals surface area contributed by atoms with Gasteiger partial charge in [-0.2, -0.15) is 0 Å². The van der Waals surface area contributed by atoms with Crippen LogP contribution in [0.4, 0.5) is 0 Å². The van der Waals surface area contributed by atoms with Gasteiger partial charge >= 0.3 is 0 Å². The minimum atomic E-state index is 0.272. The number of oxime groups is 1. The predicted octanol–water partition coefficient (Wildman–Crippen LogP) is 0.121. The lowest BCUT2D eigenvalue weighted by atomic mass is 10.2. The smallest absolute Gasteiger partial charge is 0.140 e. The highest BCUT2D eigenvalue weighted by atomic mass is 16.4. The van der Waals surface area contributed by atoms with E-state index in [0.29, 0.717) is 6.42 Å². The molecule has 0 spiro atoms. The normalized spacial score (nSPS) is 15.2. The van der Waals surface area contributed by atoms with Gasteiger partial charge in [-0.3, -0.25) is 0 Å². The Bertz CT molecular complexity index is 114. The molecular weight excluding hydrogens is 130 g/mol. The quantitative estimate of drug-likeness (QED) is 0.228. The number of hydrogen-bond acceptors (Lipinski definition) is 3. The summed E-state index contributed by atoms with van der Waals surface area (Å²) >= 11 is 0. The molecule has 0 saturated carbocycles. The zero-order chi connectivity index (χ0) is 7.98. The van der Waals surface area contributed by atoms with Crippen LogP contribution in [0.2, 0.25) is 0 Å². The van der Waals surface area contributed by atoms with E-state index in [1.54, 1.807) is 0 Å². The van der Waals surface area contributed by atoms with Crippen LogP contribution in [0, 0.1) is 0 Å². The van der Waals surface area contributed by atoms with Crippen molar-refractivity contribution in [1.29, 1.82) is 0 Å². The van der Waals surface area contributed by atoms with E-state index in [-0.39, 0.29) is 11.9 Å². The number of rotatable bonds is 4. The fourth-order valence-electron chi connectivity index (χ4n) is 0.775. The van der Waals surface area contributed by atoms with Crippen LogP contribution >= 0.6 is 0 Å². The van der Waals surface area contributed by atoms with E-state index in [9.17, 15) is 0 Å². The van der Waals surface area contributed by atoms with E-state index in [2.05, 4.69) is 10.5 Å². The molecule has 0 aromatic rings. The van der Waals surface area contributed by atoms with Gasteiger partial charge in [0.25, 0.3) is 0 Å². The van der Waals surface area contributed by atoms with Gasteiger partial charge in [0.1, 0.15) is 5.84 Å². The summed E-state index contributed by atoms with van der Waals surface area (Å²) in [5.74, 6) is 0.272. The highest BCUT2D eigenvalue weighted by Crippen LogP contribution is 1.88. The van der Waals surface area contributed by atoms with E-state index < -0.39 is 0 Å². The SMILES string of the molecule is CCNC(C)CC(N)=NO. The standard InChI is InChI=1S/C6H15N3O/c1-3-8-5(2)4-6(7)9-10/h5,8,10H,3-4H2,1-2H3,(H2,7,9). The van der Waals surface area contributed by atoms with Gasteiger partial charge < -0.3 is 16.3 Å². The third kappa shape index (κ3) is 4.14. The first-order valence-corrected chi connectivity index (χ1v) is 3.40. The average Bonchev–Trinajstić information content (AvgIpc) is 1.88. The van der Waals surface area contributed by atoms with Gasteiger partial charge in [-0.1, -0.05) is 12.1 Å². The van der Waals surface area contributed by atoms with Crippen molar-refractivity contribution in [3.05, 3.63) is 0 Å². The molecule has 0 aliphatic rings. The Hall–Kier alpha value is -0.770. The summed E-state index contributed by atoms with van der Waals surface area (Å²) in [5, 5.41) is 14.2. The molecule has 0 heterocycles. The monoisotopic (exact) mass is 145 g/mol. The summed E-state index contributed by atoms with van der Waals surface area (Å²) in [7, 11) is 0. The molecule has 4 nitrogen and oxygen atoms in total. The summed E-state index contributed by atoms with van der Waals surface area (Å²) in [6, 6.07) is 0.279. The van der Waals surface area contributed by atoms with Crippen molar-refractivity contribution < 1.29 is 5.21 Å².